The predicted molar refractivity (Wildman–Crippen MR) is 162 cm³/mol. The Bertz CT molecular complexity index is 786. The summed E-state index contributed by atoms with van der Waals surface area (Å²) >= 11 is 0. The van der Waals surface area contributed by atoms with Crippen LogP contribution in [0.5, 0.6) is 0 Å². The van der Waals surface area contributed by atoms with Gasteiger partial charge in [0.2, 0.25) is 6.41 Å². The van der Waals surface area contributed by atoms with Gasteiger partial charge in [-0.25, -0.2) is 0 Å². The topological polar surface area (TPSA) is 60.6 Å². The Morgan fingerprint density at radius 1 is 0.564 bits per heavy atom. The van der Waals surface area contributed by atoms with Crippen molar-refractivity contribution in [1.29, 1.82) is 0 Å². The minimum absolute atomic E-state index is 0.0227. The fourth-order valence-corrected chi connectivity index (χ4v) is 8.55. The number of amides is 1. The number of carbonyl (C=O) groups is 1. The molecule has 4 aliphatic heterocycles. The summed E-state index contributed by atoms with van der Waals surface area (Å²) in [5, 5.41) is 7.63. The fourth-order valence-electron chi connectivity index (χ4n) is 8.55. The first kappa shape index (κ1) is 32.7. The summed E-state index contributed by atoms with van der Waals surface area (Å²) in [5.74, 6) is 0. The van der Waals surface area contributed by atoms with Gasteiger partial charge < -0.3 is 15.5 Å². The van der Waals surface area contributed by atoms with Crippen molar-refractivity contribution in [2.24, 2.45) is 0 Å². The largest absolute Gasteiger partial charge is 0.313 e. The third kappa shape index (κ3) is 7.73. The fraction of sp³-hybridized carbons (Fsp3) is 0.967. The smallest absolute Gasteiger partial charge is 0.212 e. The Balaban J connectivity index is 0.00000205. The summed E-state index contributed by atoms with van der Waals surface area (Å²) in [6.07, 6.45) is 5.71. The van der Waals surface area contributed by atoms with Crippen LogP contribution in [-0.2, 0) is 4.79 Å². The lowest BCUT2D eigenvalue weighted by Crippen LogP contribution is -2.75. The molecule has 4 heterocycles. The minimum Gasteiger partial charge on any atom is -0.313 e. The Morgan fingerprint density at radius 2 is 0.872 bits per heavy atom. The number of nitrogens with one attached hydrogen (secondary N) is 2. The average Bonchev–Trinajstić information content (AvgIpc) is 2.76. The molecule has 0 aromatic rings. The number of carbonyl (C=O) groups excluding carboxylic acids is 1. The molecule has 9 heteroatoms. The van der Waals surface area contributed by atoms with Crippen LogP contribution in [0.25, 0.3) is 0 Å². The van der Waals surface area contributed by atoms with Crippen molar-refractivity contribution >= 4 is 6.41 Å². The monoisotopic (exact) mass is 551 g/mol. The lowest BCUT2D eigenvalue weighted by Gasteiger charge is -2.59. The first-order valence-electron chi connectivity index (χ1n) is 15.3. The Labute approximate surface area is 240 Å². The van der Waals surface area contributed by atoms with Gasteiger partial charge >= 0.3 is 0 Å². The van der Waals surface area contributed by atoms with E-state index in [1.54, 1.807) is 0 Å². The molecule has 0 aromatic heterocycles. The quantitative estimate of drug-likeness (QED) is 0.518. The molecule has 4 aliphatic rings. The molecule has 39 heavy (non-hydrogen) atoms. The van der Waals surface area contributed by atoms with Crippen molar-refractivity contribution in [2.45, 2.75) is 141 Å². The van der Waals surface area contributed by atoms with Gasteiger partial charge in [-0.15, -0.1) is 0 Å². The number of nitrogens with zero attached hydrogens (tertiary/aromatic N) is 6. The highest BCUT2D eigenvalue weighted by atomic mass is 16.1. The van der Waals surface area contributed by atoms with E-state index in [0.717, 1.165) is 52.1 Å². The Kier molecular flexibility index (Phi) is 9.91. The lowest BCUT2D eigenvalue weighted by molar-refractivity contribution is -0.184. The van der Waals surface area contributed by atoms with Gasteiger partial charge in [0.15, 0.2) is 0 Å². The van der Waals surface area contributed by atoms with E-state index in [9.17, 15) is 4.79 Å². The molecule has 1 unspecified atom stereocenters. The van der Waals surface area contributed by atoms with Crippen LogP contribution in [0.15, 0.2) is 0 Å². The molecule has 4 fully saturated rings. The zero-order valence-electron chi connectivity index (χ0n) is 27.6. The second-order valence-corrected chi connectivity index (χ2v) is 15.4. The van der Waals surface area contributed by atoms with Gasteiger partial charge in [0.05, 0.1) is 32.8 Å². The van der Waals surface area contributed by atoms with Crippen LogP contribution in [0.1, 0.15) is 94.9 Å². The Hall–Kier alpha value is -0.810. The number of hydrogen-bond acceptors (Lipinski definition) is 8. The van der Waals surface area contributed by atoms with E-state index in [-0.39, 0.29) is 34.5 Å². The molecule has 4 rings (SSSR count). The highest BCUT2D eigenvalue weighted by Gasteiger charge is 2.48. The molecule has 0 spiro atoms. The molecule has 9 nitrogen and oxygen atoms in total. The van der Waals surface area contributed by atoms with Gasteiger partial charge in [-0.1, -0.05) is 13.8 Å². The standard InChI is InChI=1S/C28H56N8O.C2H6/c1-25(2)12-21(13-26(3,4)29-25)34-16-31(9)23(32(10)17-34)24-33(11)18-35(19-36(24)20-37)22-14-27(5,6)30-28(7,8)15-22;1-2/h20-24,29-30H,12-19H2,1-11H3;1-2H3. The molecule has 1 atom stereocenters. The van der Waals surface area contributed by atoms with Crippen molar-refractivity contribution in [1.82, 2.24) is 40.0 Å². The maximum absolute atomic E-state index is 12.5. The summed E-state index contributed by atoms with van der Waals surface area (Å²) in [6.45, 7) is 25.9. The molecular weight excluding hydrogens is 488 g/mol. The first-order valence-corrected chi connectivity index (χ1v) is 15.3. The van der Waals surface area contributed by atoms with Crippen LogP contribution in [0.3, 0.4) is 0 Å². The molecule has 0 radical (unpaired) electrons. The van der Waals surface area contributed by atoms with Crippen LogP contribution in [-0.4, -0.2) is 130 Å². The molecule has 2 N–H and O–H groups in total. The number of likely N-dealkylation sites (N-methyl/N-ethyl adjacent to an activating group) is 3. The average molecular weight is 551 g/mol. The SMILES string of the molecule is CC.CN1CN(C2CC(C)(C)NC(C)(C)C2)CN(C)C1C1N(C)CN(C2CC(C)(C)NC(C)(C)C2)CN1C=O. The maximum Gasteiger partial charge on any atom is 0.212 e. The minimum atomic E-state index is 0.0227. The summed E-state index contributed by atoms with van der Waals surface area (Å²) in [6, 6.07) is 0.978. The van der Waals surface area contributed by atoms with Crippen molar-refractivity contribution in [3.63, 3.8) is 0 Å². The maximum atomic E-state index is 12.5. The highest BCUT2D eigenvalue weighted by Crippen LogP contribution is 2.36. The molecule has 228 valence electrons. The number of rotatable bonds is 4. The van der Waals surface area contributed by atoms with Crippen molar-refractivity contribution in [3.8, 4) is 0 Å². The normalized spacial score (nSPS) is 32.0. The lowest BCUT2D eigenvalue weighted by atomic mass is 9.79. The molecule has 4 saturated heterocycles. The van der Waals surface area contributed by atoms with E-state index >= 15 is 0 Å². The molecule has 0 aliphatic carbocycles. The molecule has 0 aromatic carbocycles. The summed E-state index contributed by atoms with van der Waals surface area (Å²) in [4.78, 5) is 27.0. The van der Waals surface area contributed by atoms with Crippen LogP contribution in [0.2, 0.25) is 0 Å². The second kappa shape index (κ2) is 11.8. The zero-order chi connectivity index (χ0) is 29.6. The van der Waals surface area contributed by atoms with Crippen LogP contribution in [0, 0.1) is 0 Å². The van der Waals surface area contributed by atoms with Gasteiger partial charge in [0.1, 0.15) is 6.17 Å². The van der Waals surface area contributed by atoms with Crippen LogP contribution < -0.4 is 10.6 Å². The third-order valence-corrected chi connectivity index (χ3v) is 9.03. The van der Waals surface area contributed by atoms with Gasteiger partial charge in [-0.05, 0) is 102 Å². The van der Waals surface area contributed by atoms with E-state index in [1.807, 2.05) is 18.7 Å². The highest BCUT2D eigenvalue weighted by molar-refractivity contribution is 5.48. The molecule has 0 saturated carbocycles. The van der Waals surface area contributed by atoms with Crippen LogP contribution >= 0.6 is 0 Å². The van der Waals surface area contributed by atoms with Crippen molar-refractivity contribution in [3.05, 3.63) is 0 Å². The zero-order valence-corrected chi connectivity index (χ0v) is 27.6. The van der Waals surface area contributed by atoms with E-state index in [4.69, 9.17) is 0 Å². The third-order valence-electron chi connectivity index (χ3n) is 9.03. The van der Waals surface area contributed by atoms with E-state index in [1.165, 1.54) is 0 Å². The van der Waals surface area contributed by atoms with E-state index in [0.29, 0.717) is 18.8 Å². The molecular formula is C30H62N8O. The summed E-state index contributed by atoms with van der Waals surface area (Å²) in [7, 11) is 6.65. The first-order chi connectivity index (χ1) is 17.9. The molecule has 0 bridgehead atoms. The van der Waals surface area contributed by atoms with E-state index in [2.05, 4.69) is 112 Å². The summed E-state index contributed by atoms with van der Waals surface area (Å²) < 4.78 is 0. The van der Waals surface area contributed by atoms with Crippen LogP contribution in [0.4, 0.5) is 0 Å². The number of hydrogen-bond donors (Lipinski definition) is 2. The van der Waals surface area contributed by atoms with Crippen molar-refractivity contribution in [2.75, 3.05) is 47.8 Å². The van der Waals surface area contributed by atoms with Crippen molar-refractivity contribution < 1.29 is 4.79 Å². The van der Waals surface area contributed by atoms with E-state index < -0.39 is 0 Å². The van der Waals surface area contributed by atoms with Gasteiger partial charge in [0, 0.05) is 34.2 Å². The Morgan fingerprint density at radius 3 is 1.21 bits per heavy atom. The number of piperidine rings is 2. The summed E-state index contributed by atoms with van der Waals surface area (Å²) in [5.41, 5.74) is 0.414. The van der Waals surface area contributed by atoms with Gasteiger partial charge in [-0.3, -0.25) is 29.3 Å². The second-order valence-electron chi connectivity index (χ2n) is 15.4. The van der Waals surface area contributed by atoms with Gasteiger partial charge in [-0.2, -0.15) is 0 Å². The molecule has 1 amide bonds. The van der Waals surface area contributed by atoms with Gasteiger partial charge in [0.25, 0.3) is 0 Å². The predicted octanol–water partition coefficient (Wildman–Crippen LogP) is 3.00.